The third-order valence-corrected chi connectivity index (χ3v) is 5.90. The molecule has 5 nitrogen and oxygen atoms in total. The Morgan fingerprint density at radius 1 is 1.10 bits per heavy atom. The number of rotatable bonds is 9. The Hall–Kier alpha value is -2.44. The molecule has 2 aromatic carbocycles. The Morgan fingerprint density at radius 3 is 2.47 bits per heavy atom. The summed E-state index contributed by atoms with van der Waals surface area (Å²) in [5.41, 5.74) is 2.22. The fraction of sp³-hybridized carbons (Fsp3) is 0.348. The molecule has 0 radical (unpaired) electrons. The lowest BCUT2D eigenvalue weighted by Gasteiger charge is -2.25. The monoisotopic (exact) mass is 442 g/mol. The van der Waals surface area contributed by atoms with Gasteiger partial charge in [-0.05, 0) is 44.0 Å². The number of hydrogen-bond acceptors (Lipinski definition) is 5. The van der Waals surface area contributed by atoms with E-state index in [0.29, 0.717) is 19.4 Å². The van der Waals surface area contributed by atoms with E-state index < -0.39 is 0 Å². The number of carbonyl (C=O) groups is 1. The molecule has 30 heavy (non-hydrogen) atoms. The number of nitrogens with one attached hydrogen (secondary N) is 1. The van der Waals surface area contributed by atoms with E-state index in [9.17, 15) is 4.79 Å². The van der Waals surface area contributed by atoms with Crippen molar-refractivity contribution in [2.45, 2.75) is 45.7 Å². The SMILES string of the molecule is CC(NC(=O)CCN(c1nc(Cc2ccc(Cl)cc2)ns1)C(C)C)c1ccccc1. The molecule has 0 saturated heterocycles. The number of benzene rings is 2. The van der Waals surface area contributed by atoms with Gasteiger partial charge in [0.1, 0.15) is 5.82 Å². The van der Waals surface area contributed by atoms with Crippen LogP contribution in [0, 0.1) is 0 Å². The number of anilines is 1. The minimum atomic E-state index is -0.0151. The molecule has 0 saturated carbocycles. The smallest absolute Gasteiger partial charge is 0.222 e. The molecule has 0 fully saturated rings. The fourth-order valence-corrected chi connectivity index (χ4v) is 4.13. The maximum atomic E-state index is 12.5. The summed E-state index contributed by atoms with van der Waals surface area (Å²) in [5.74, 6) is 0.813. The van der Waals surface area contributed by atoms with Crippen molar-refractivity contribution >= 4 is 34.2 Å². The summed E-state index contributed by atoms with van der Waals surface area (Å²) in [6.45, 7) is 6.80. The van der Waals surface area contributed by atoms with Gasteiger partial charge in [-0.2, -0.15) is 4.37 Å². The predicted molar refractivity (Wildman–Crippen MR) is 124 cm³/mol. The minimum Gasteiger partial charge on any atom is -0.350 e. The van der Waals surface area contributed by atoms with Gasteiger partial charge in [-0.15, -0.1) is 0 Å². The molecule has 7 heteroatoms. The van der Waals surface area contributed by atoms with Crippen LogP contribution in [0.1, 0.15) is 50.2 Å². The van der Waals surface area contributed by atoms with Gasteiger partial charge in [0.05, 0.1) is 6.04 Å². The van der Waals surface area contributed by atoms with Gasteiger partial charge in [-0.1, -0.05) is 54.1 Å². The van der Waals surface area contributed by atoms with Crippen LogP contribution in [0.15, 0.2) is 54.6 Å². The van der Waals surface area contributed by atoms with Crippen molar-refractivity contribution in [2.24, 2.45) is 0 Å². The lowest BCUT2D eigenvalue weighted by Crippen LogP contribution is -2.36. The molecule has 1 atom stereocenters. The third-order valence-electron chi connectivity index (χ3n) is 4.86. The largest absolute Gasteiger partial charge is 0.350 e. The highest BCUT2D eigenvalue weighted by atomic mass is 35.5. The number of hydrogen-bond donors (Lipinski definition) is 1. The van der Waals surface area contributed by atoms with Crippen molar-refractivity contribution in [3.63, 3.8) is 0 Å². The Bertz CT molecular complexity index is 943. The average molecular weight is 443 g/mol. The van der Waals surface area contributed by atoms with Crippen LogP contribution in [-0.4, -0.2) is 27.9 Å². The molecular formula is C23H27ClN4OS. The van der Waals surface area contributed by atoms with Gasteiger partial charge in [0.15, 0.2) is 0 Å². The number of halogens is 1. The lowest BCUT2D eigenvalue weighted by molar-refractivity contribution is -0.121. The second-order valence-corrected chi connectivity index (χ2v) is 8.70. The molecule has 0 aliphatic rings. The molecule has 0 bridgehead atoms. The first kappa shape index (κ1) is 22.2. The average Bonchev–Trinajstić information content (AvgIpc) is 3.18. The second-order valence-electron chi connectivity index (χ2n) is 7.53. The summed E-state index contributed by atoms with van der Waals surface area (Å²) in [5, 5.41) is 4.64. The number of amides is 1. The van der Waals surface area contributed by atoms with E-state index >= 15 is 0 Å². The number of nitrogens with zero attached hydrogens (tertiary/aromatic N) is 3. The summed E-state index contributed by atoms with van der Waals surface area (Å²) in [4.78, 5) is 19.3. The first-order chi connectivity index (χ1) is 14.4. The van der Waals surface area contributed by atoms with Crippen LogP contribution >= 0.6 is 23.1 Å². The zero-order valence-electron chi connectivity index (χ0n) is 17.5. The summed E-state index contributed by atoms with van der Waals surface area (Å²) < 4.78 is 4.51. The third kappa shape index (κ3) is 6.28. The molecule has 1 N–H and O–H groups in total. The minimum absolute atomic E-state index is 0.0151. The van der Waals surface area contributed by atoms with Crippen LogP contribution in [-0.2, 0) is 11.2 Å². The highest BCUT2D eigenvalue weighted by Gasteiger charge is 2.18. The highest BCUT2D eigenvalue weighted by Crippen LogP contribution is 2.22. The van der Waals surface area contributed by atoms with Gasteiger partial charge < -0.3 is 10.2 Å². The maximum absolute atomic E-state index is 12.5. The van der Waals surface area contributed by atoms with Crippen molar-refractivity contribution < 1.29 is 4.79 Å². The van der Waals surface area contributed by atoms with Gasteiger partial charge >= 0.3 is 0 Å². The quantitative estimate of drug-likeness (QED) is 0.490. The van der Waals surface area contributed by atoms with E-state index in [-0.39, 0.29) is 18.0 Å². The van der Waals surface area contributed by atoms with E-state index in [4.69, 9.17) is 16.6 Å². The Labute approximate surface area is 187 Å². The molecule has 1 amide bonds. The fourth-order valence-electron chi connectivity index (χ4n) is 3.15. The molecular weight excluding hydrogens is 416 g/mol. The van der Waals surface area contributed by atoms with Gasteiger partial charge in [0.2, 0.25) is 11.0 Å². The second kappa shape index (κ2) is 10.5. The van der Waals surface area contributed by atoms with Crippen molar-refractivity contribution in [1.29, 1.82) is 0 Å². The van der Waals surface area contributed by atoms with Crippen LogP contribution in [0.5, 0.6) is 0 Å². The molecule has 1 heterocycles. The van der Waals surface area contributed by atoms with E-state index in [1.807, 2.05) is 61.5 Å². The van der Waals surface area contributed by atoms with Crippen LogP contribution in [0.2, 0.25) is 5.02 Å². The van der Waals surface area contributed by atoms with Gasteiger partial charge in [0.25, 0.3) is 0 Å². The number of carbonyl (C=O) groups excluding carboxylic acids is 1. The lowest BCUT2D eigenvalue weighted by atomic mass is 10.1. The molecule has 158 valence electrons. The summed E-state index contributed by atoms with van der Waals surface area (Å²) >= 11 is 7.33. The maximum Gasteiger partial charge on any atom is 0.222 e. The molecule has 1 unspecified atom stereocenters. The van der Waals surface area contributed by atoms with Gasteiger partial charge in [-0.3, -0.25) is 4.79 Å². The van der Waals surface area contributed by atoms with Crippen molar-refractivity contribution in [3.8, 4) is 0 Å². The summed E-state index contributed by atoms with van der Waals surface area (Å²) in [7, 11) is 0. The molecule has 1 aromatic heterocycles. The van der Waals surface area contributed by atoms with Crippen LogP contribution < -0.4 is 10.2 Å². The van der Waals surface area contributed by atoms with Crippen LogP contribution in [0.3, 0.4) is 0 Å². The zero-order valence-corrected chi connectivity index (χ0v) is 19.1. The van der Waals surface area contributed by atoms with Crippen molar-refractivity contribution in [3.05, 3.63) is 76.6 Å². The topological polar surface area (TPSA) is 58.1 Å². The molecule has 0 aliphatic carbocycles. The van der Waals surface area contributed by atoms with E-state index in [0.717, 1.165) is 27.1 Å². The first-order valence-corrected chi connectivity index (χ1v) is 11.3. The van der Waals surface area contributed by atoms with E-state index in [2.05, 4.69) is 28.4 Å². The zero-order chi connectivity index (χ0) is 21.5. The van der Waals surface area contributed by atoms with Gasteiger partial charge in [-0.25, -0.2) is 4.98 Å². The highest BCUT2D eigenvalue weighted by molar-refractivity contribution is 7.09. The van der Waals surface area contributed by atoms with E-state index in [1.165, 1.54) is 11.5 Å². The Morgan fingerprint density at radius 2 is 1.80 bits per heavy atom. The molecule has 3 aromatic rings. The first-order valence-electron chi connectivity index (χ1n) is 10.1. The van der Waals surface area contributed by atoms with Crippen molar-refractivity contribution in [1.82, 2.24) is 14.7 Å². The summed E-state index contributed by atoms with van der Waals surface area (Å²) in [6.07, 6.45) is 1.07. The normalized spacial score (nSPS) is 12.0. The Balaban J connectivity index is 1.57. The predicted octanol–water partition coefficient (Wildman–Crippen LogP) is 5.26. The van der Waals surface area contributed by atoms with Crippen molar-refractivity contribution in [2.75, 3.05) is 11.4 Å². The Kier molecular flexibility index (Phi) is 7.82. The molecule has 3 rings (SSSR count). The number of aromatic nitrogens is 2. The van der Waals surface area contributed by atoms with E-state index in [1.54, 1.807) is 0 Å². The molecule has 0 aliphatic heterocycles. The summed E-state index contributed by atoms with van der Waals surface area (Å²) in [6, 6.07) is 17.9. The van der Waals surface area contributed by atoms with Crippen LogP contribution in [0.4, 0.5) is 5.13 Å². The molecule has 0 spiro atoms. The van der Waals surface area contributed by atoms with Gasteiger partial charge in [0, 0.05) is 42.0 Å². The van der Waals surface area contributed by atoms with Crippen LogP contribution in [0.25, 0.3) is 0 Å². The standard InChI is InChI=1S/C23H27ClN4OS/c1-16(2)28(14-13-22(29)25-17(3)19-7-5-4-6-8-19)23-26-21(27-30-23)15-18-9-11-20(24)12-10-18/h4-12,16-17H,13-15H2,1-3H3,(H,25,29).